The minimum absolute atomic E-state index is 0.00604. The Morgan fingerprint density at radius 3 is 2.40 bits per heavy atom. The van der Waals surface area contributed by atoms with Gasteiger partial charge in [0.25, 0.3) is 0 Å². The Labute approximate surface area is 150 Å². The summed E-state index contributed by atoms with van der Waals surface area (Å²) in [5, 5.41) is 8.59. The fourth-order valence-electron chi connectivity index (χ4n) is 3.43. The van der Waals surface area contributed by atoms with Crippen molar-refractivity contribution in [1.29, 1.82) is 0 Å². The van der Waals surface area contributed by atoms with Crippen LogP contribution in [0.25, 0.3) is 0 Å². The van der Waals surface area contributed by atoms with Crippen LogP contribution in [0.15, 0.2) is 36.0 Å². The normalized spacial score (nSPS) is 18.9. The average Bonchev–Trinajstić information content (AvgIpc) is 3.06. The summed E-state index contributed by atoms with van der Waals surface area (Å²) in [6, 6.07) is 6.61. The Balaban J connectivity index is 2.11. The molecule has 0 spiro atoms. The molecule has 5 nitrogen and oxygen atoms in total. The van der Waals surface area contributed by atoms with E-state index in [1.54, 1.807) is 11.0 Å². The van der Waals surface area contributed by atoms with Crippen LogP contribution >= 0.6 is 0 Å². The molecule has 0 saturated carbocycles. The number of rotatable bonds is 3. The second-order valence-corrected chi connectivity index (χ2v) is 8.44. The molecule has 0 aliphatic heterocycles. The highest BCUT2D eigenvalue weighted by Gasteiger charge is 2.37. The lowest BCUT2D eigenvalue weighted by molar-refractivity contribution is 0.0851. The second kappa shape index (κ2) is 6.28. The molecule has 0 saturated heterocycles. The first kappa shape index (κ1) is 17.6. The minimum Gasteiger partial charge on any atom is -0.391 e. The molecule has 0 bridgehead atoms. The molecule has 0 radical (unpaired) electrons. The Bertz CT molecular complexity index is 773. The van der Waals surface area contributed by atoms with E-state index in [9.17, 15) is 0 Å². The van der Waals surface area contributed by atoms with E-state index in [0.717, 1.165) is 5.56 Å². The molecule has 0 atom stereocenters. The maximum atomic E-state index is 5.52. The minimum atomic E-state index is 0.00604. The van der Waals surface area contributed by atoms with Crippen LogP contribution in [-0.2, 0) is 15.7 Å². The van der Waals surface area contributed by atoms with Gasteiger partial charge in [0.15, 0.2) is 0 Å². The quantitative estimate of drug-likeness (QED) is 0.476. The van der Waals surface area contributed by atoms with Gasteiger partial charge in [0.05, 0.1) is 0 Å². The highest BCUT2D eigenvalue weighted by atomic mass is 16.6. The summed E-state index contributed by atoms with van der Waals surface area (Å²) in [6.45, 7) is 13.2. The summed E-state index contributed by atoms with van der Waals surface area (Å²) in [5.41, 5.74) is 4.15. The fourth-order valence-corrected chi connectivity index (χ4v) is 3.43. The Morgan fingerprint density at radius 2 is 1.80 bits per heavy atom. The lowest BCUT2D eigenvalue weighted by Gasteiger charge is -2.42. The van der Waals surface area contributed by atoms with E-state index in [1.165, 1.54) is 30.3 Å². The van der Waals surface area contributed by atoms with E-state index < -0.39 is 0 Å². The van der Waals surface area contributed by atoms with Crippen molar-refractivity contribution in [2.75, 3.05) is 0 Å². The van der Waals surface area contributed by atoms with Gasteiger partial charge in [0, 0.05) is 5.56 Å². The highest BCUT2D eigenvalue weighted by molar-refractivity contribution is 5.99. The number of aromatic nitrogens is 3. The second-order valence-electron chi connectivity index (χ2n) is 8.44. The molecule has 1 aromatic heterocycles. The third-order valence-corrected chi connectivity index (χ3v) is 5.10. The number of oxime groups is 1. The molecule has 3 rings (SSSR count). The molecule has 25 heavy (non-hydrogen) atoms. The zero-order chi connectivity index (χ0) is 18.2. The van der Waals surface area contributed by atoms with Gasteiger partial charge in [-0.05, 0) is 54.7 Å². The van der Waals surface area contributed by atoms with Crippen molar-refractivity contribution in [1.82, 2.24) is 14.8 Å². The van der Waals surface area contributed by atoms with Gasteiger partial charge in [0.2, 0.25) is 5.84 Å². The number of fused-ring (bicyclic) bond motifs is 1. The van der Waals surface area contributed by atoms with Gasteiger partial charge in [-0.15, -0.1) is 0 Å². The number of nitrogens with zero attached hydrogens (tertiary/aromatic N) is 4. The molecule has 1 aliphatic carbocycles. The van der Waals surface area contributed by atoms with E-state index in [-0.39, 0.29) is 16.9 Å². The molecular formula is C20H28N4O. The number of hydrogen-bond acceptors (Lipinski definition) is 4. The van der Waals surface area contributed by atoms with Crippen LogP contribution in [0.3, 0.4) is 0 Å². The number of hydrogen-bond donors (Lipinski definition) is 0. The summed E-state index contributed by atoms with van der Waals surface area (Å²) < 4.78 is 1.66. The van der Waals surface area contributed by atoms with Crippen LogP contribution in [-0.4, -0.2) is 26.7 Å². The Morgan fingerprint density at radius 1 is 1.12 bits per heavy atom. The van der Waals surface area contributed by atoms with E-state index >= 15 is 0 Å². The monoisotopic (exact) mass is 340 g/mol. The highest BCUT2D eigenvalue weighted by Crippen LogP contribution is 2.45. The first-order valence-electron chi connectivity index (χ1n) is 8.95. The van der Waals surface area contributed by atoms with Crippen LogP contribution in [0.4, 0.5) is 0 Å². The standard InChI is InChI=1S/C20H28N4O/c1-14(2)25-23-18(24-13-21-12-22-24)15-7-8-16-17(11-15)20(5,6)10-9-19(16,3)4/h7-8,11-14H,9-10H2,1-6H3/b23-18-. The van der Waals surface area contributed by atoms with Crippen molar-refractivity contribution < 1.29 is 4.84 Å². The SMILES string of the molecule is CC(C)O/N=C(/c1ccc2c(c1)C(C)(C)CCC2(C)C)n1cncn1. The summed E-state index contributed by atoms with van der Waals surface area (Å²) >= 11 is 0. The van der Waals surface area contributed by atoms with Gasteiger partial charge in [-0.1, -0.05) is 45.0 Å². The van der Waals surface area contributed by atoms with Gasteiger partial charge in [-0.3, -0.25) is 0 Å². The summed E-state index contributed by atoms with van der Waals surface area (Å²) in [4.78, 5) is 9.57. The molecule has 134 valence electrons. The van der Waals surface area contributed by atoms with E-state index in [1.807, 2.05) is 13.8 Å². The van der Waals surface area contributed by atoms with Crippen LogP contribution in [0, 0.1) is 0 Å². The van der Waals surface area contributed by atoms with Crippen LogP contribution in [0.1, 0.15) is 71.1 Å². The zero-order valence-corrected chi connectivity index (χ0v) is 16.1. The third kappa shape index (κ3) is 3.46. The molecule has 0 N–H and O–H groups in total. The van der Waals surface area contributed by atoms with E-state index in [2.05, 4.69) is 61.1 Å². The molecular weight excluding hydrogens is 312 g/mol. The molecule has 5 heteroatoms. The molecule has 0 fully saturated rings. The molecule has 1 heterocycles. The maximum Gasteiger partial charge on any atom is 0.201 e. The summed E-state index contributed by atoms with van der Waals surface area (Å²) in [5.74, 6) is 0.660. The van der Waals surface area contributed by atoms with Gasteiger partial charge in [-0.25, -0.2) is 4.98 Å². The van der Waals surface area contributed by atoms with Crippen molar-refractivity contribution in [3.63, 3.8) is 0 Å². The molecule has 0 unspecified atom stereocenters. The van der Waals surface area contributed by atoms with Gasteiger partial charge >= 0.3 is 0 Å². The van der Waals surface area contributed by atoms with Gasteiger partial charge in [0.1, 0.15) is 18.8 Å². The summed E-state index contributed by atoms with van der Waals surface area (Å²) in [7, 11) is 0. The fraction of sp³-hybridized carbons (Fsp3) is 0.550. The first-order chi connectivity index (χ1) is 11.7. The van der Waals surface area contributed by atoms with Crippen molar-refractivity contribution in [3.05, 3.63) is 47.5 Å². The van der Waals surface area contributed by atoms with Gasteiger partial charge < -0.3 is 4.84 Å². The first-order valence-corrected chi connectivity index (χ1v) is 8.95. The number of benzene rings is 1. The maximum absolute atomic E-state index is 5.52. The zero-order valence-electron chi connectivity index (χ0n) is 16.1. The van der Waals surface area contributed by atoms with Crippen LogP contribution in [0.5, 0.6) is 0 Å². The Kier molecular flexibility index (Phi) is 4.43. The van der Waals surface area contributed by atoms with Crippen molar-refractivity contribution >= 4 is 5.84 Å². The average molecular weight is 340 g/mol. The molecule has 1 aliphatic rings. The predicted molar refractivity (Wildman–Crippen MR) is 99.9 cm³/mol. The Hall–Kier alpha value is -2.17. The van der Waals surface area contributed by atoms with Crippen molar-refractivity contribution in [2.24, 2.45) is 5.16 Å². The molecule has 2 aromatic rings. The summed E-state index contributed by atoms with van der Waals surface area (Å²) in [6.07, 6.45) is 5.54. The molecule has 1 aromatic carbocycles. The third-order valence-electron chi connectivity index (χ3n) is 5.10. The lowest BCUT2D eigenvalue weighted by atomic mass is 9.63. The van der Waals surface area contributed by atoms with Crippen molar-refractivity contribution in [3.8, 4) is 0 Å². The van der Waals surface area contributed by atoms with Gasteiger partial charge in [-0.2, -0.15) is 9.78 Å². The van der Waals surface area contributed by atoms with Crippen LogP contribution in [0.2, 0.25) is 0 Å². The largest absolute Gasteiger partial charge is 0.391 e. The van der Waals surface area contributed by atoms with E-state index in [0.29, 0.717) is 5.84 Å². The van der Waals surface area contributed by atoms with E-state index in [4.69, 9.17) is 4.84 Å². The topological polar surface area (TPSA) is 52.3 Å². The lowest BCUT2D eigenvalue weighted by Crippen LogP contribution is -2.34. The molecule has 0 amide bonds. The predicted octanol–water partition coefficient (Wildman–Crippen LogP) is 4.26. The smallest absolute Gasteiger partial charge is 0.201 e. The van der Waals surface area contributed by atoms with Crippen LogP contribution < -0.4 is 0 Å². The van der Waals surface area contributed by atoms with Crippen molar-refractivity contribution in [2.45, 2.75) is 71.3 Å².